The first-order chi connectivity index (χ1) is 8.74. The van der Waals surface area contributed by atoms with Crippen molar-refractivity contribution in [3.05, 3.63) is 35.4 Å². The van der Waals surface area contributed by atoms with Gasteiger partial charge in [0.1, 0.15) is 6.17 Å². The van der Waals surface area contributed by atoms with Crippen LogP contribution in [0.25, 0.3) is 0 Å². The Hall–Kier alpha value is -0.850. The Morgan fingerprint density at radius 3 is 2.11 bits per heavy atom. The van der Waals surface area contributed by atoms with E-state index in [-0.39, 0.29) is 0 Å². The minimum Gasteiger partial charge on any atom is -0.247 e. The summed E-state index contributed by atoms with van der Waals surface area (Å²) in [4.78, 5) is 0. The zero-order valence-electron chi connectivity index (χ0n) is 11.2. The van der Waals surface area contributed by atoms with Gasteiger partial charge in [-0.25, -0.2) is 4.39 Å². The first-order valence-corrected chi connectivity index (χ1v) is 7.44. The zero-order valence-corrected chi connectivity index (χ0v) is 11.2. The average molecular weight is 246 g/mol. The Balaban J connectivity index is 1.66. The van der Waals surface area contributed by atoms with Gasteiger partial charge in [-0.2, -0.15) is 0 Å². The highest BCUT2D eigenvalue weighted by Crippen LogP contribution is 2.50. The van der Waals surface area contributed by atoms with Crippen molar-refractivity contribution in [1.82, 2.24) is 0 Å². The standard InChI is InChI=1S/C17H23F/c1-12-2-4-13(5-3-12)16-10-11-17(16)14-6-8-15(18)9-7-14/h2-5,14-17H,6-11H2,1H3/t14?,15?,16-,17?/m0/s1. The van der Waals surface area contributed by atoms with E-state index in [9.17, 15) is 4.39 Å². The average Bonchev–Trinajstić information content (AvgIpc) is 2.33. The molecule has 2 saturated carbocycles. The second-order valence-corrected chi connectivity index (χ2v) is 6.27. The fraction of sp³-hybridized carbons (Fsp3) is 0.647. The number of benzene rings is 1. The topological polar surface area (TPSA) is 0 Å². The summed E-state index contributed by atoms with van der Waals surface area (Å²) in [5.41, 5.74) is 2.85. The predicted molar refractivity (Wildman–Crippen MR) is 73.5 cm³/mol. The molecule has 0 heterocycles. The number of alkyl halides is 1. The quantitative estimate of drug-likeness (QED) is 0.687. The Morgan fingerprint density at radius 1 is 0.889 bits per heavy atom. The maximum Gasteiger partial charge on any atom is 0.100 e. The highest BCUT2D eigenvalue weighted by atomic mass is 19.1. The van der Waals surface area contributed by atoms with Crippen molar-refractivity contribution in [3.8, 4) is 0 Å². The predicted octanol–water partition coefficient (Wildman–Crippen LogP) is 5.02. The van der Waals surface area contributed by atoms with Gasteiger partial charge in [-0.3, -0.25) is 0 Å². The van der Waals surface area contributed by atoms with Crippen LogP contribution in [0.15, 0.2) is 24.3 Å². The van der Waals surface area contributed by atoms with Crippen LogP contribution in [-0.4, -0.2) is 6.17 Å². The van der Waals surface area contributed by atoms with Gasteiger partial charge in [0.15, 0.2) is 0 Å². The molecule has 0 radical (unpaired) electrons. The lowest BCUT2D eigenvalue weighted by Crippen LogP contribution is -2.33. The Morgan fingerprint density at radius 2 is 1.56 bits per heavy atom. The monoisotopic (exact) mass is 246 g/mol. The third-order valence-corrected chi connectivity index (χ3v) is 5.14. The molecule has 0 bridgehead atoms. The first kappa shape index (κ1) is 12.2. The van der Waals surface area contributed by atoms with Crippen LogP contribution in [0, 0.1) is 18.8 Å². The molecule has 2 fully saturated rings. The molecule has 1 unspecified atom stereocenters. The molecule has 2 aliphatic carbocycles. The summed E-state index contributed by atoms with van der Waals surface area (Å²) < 4.78 is 13.2. The maximum atomic E-state index is 13.2. The van der Waals surface area contributed by atoms with Gasteiger partial charge in [0.25, 0.3) is 0 Å². The molecule has 0 amide bonds. The lowest BCUT2D eigenvalue weighted by atomic mass is 9.61. The van der Waals surface area contributed by atoms with Crippen LogP contribution in [0.2, 0.25) is 0 Å². The minimum absolute atomic E-state index is 0.515. The van der Waals surface area contributed by atoms with Crippen LogP contribution in [0.5, 0.6) is 0 Å². The molecule has 3 rings (SSSR count). The van der Waals surface area contributed by atoms with Gasteiger partial charge >= 0.3 is 0 Å². The Kier molecular flexibility index (Phi) is 3.41. The van der Waals surface area contributed by atoms with Crippen molar-refractivity contribution in [2.75, 3.05) is 0 Å². The summed E-state index contributed by atoms with van der Waals surface area (Å²) in [5, 5.41) is 0. The van der Waals surface area contributed by atoms with Crippen LogP contribution in [0.3, 0.4) is 0 Å². The van der Waals surface area contributed by atoms with Crippen molar-refractivity contribution >= 4 is 0 Å². The molecule has 2 atom stereocenters. The van der Waals surface area contributed by atoms with E-state index in [0.717, 1.165) is 43.4 Å². The molecule has 98 valence electrons. The number of hydrogen-bond acceptors (Lipinski definition) is 0. The van der Waals surface area contributed by atoms with Gasteiger partial charge < -0.3 is 0 Å². The highest BCUT2D eigenvalue weighted by Gasteiger charge is 2.39. The second-order valence-electron chi connectivity index (χ2n) is 6.27. The van der Waals surface area contributed by atoms with Gasteiger partial charge in [-0.15, -0.1) is 0 Å². The van der Waals surface area contributed by atoms with Crippen LogP contribution < -0.4 is 0 Å². The Labute approximate surface area is 110 Å². The SMILES string of the molecule is Cc1ccc([C@@H]2CCC2C2CCC(F)CC2)cc1. The molecular formula is C17H23F. The number of hydrogen-bond donors (Lipinski definition) is 0. The molecule has 0 aliphatic heterocycles. The van der Waals surface area contributed by atoms with Crippen molar-refractivity contribution < 1.29 is 4.39 Å². The van der Waals surface area contributed by atoms with E-state index in [0.29, 0.717) is 0 Å². The third kappa shape index (κ3) is 2.32. The summed E-state index contributed by atoms with van der Waals surface area (Å²) in [6.07, 6.45) is 6.04. The molecule has 2 aliphatic rings. The van der Waals surface area contributed by atoms with E-state index in [4.69, 9.17) is 0 Å². The summed E-state index contributed by atoms with van der Waals surface area (Å²) in [6, 6.07) is 9.05. The minimum atomic E-state index is -0.515. The van der Waals surface area contributed by atoms with E-state index in [1.165, 1.54) is 24.0 Å². The molecule has 0 nitrogen and oxygen atoms in total. The van der Waals surface area contributed by atoms with Crippen LogP contribution in [-0.2, 0) is 0 Å². The molecule has 0 aromatic heterocycles. The molecule has 0 N–H and O–H groups in total. The molecule has 1 aromatic carbocycles. The van der Waals surface area contributed by atoms with Crippen LogP contribution in [0.1, 0.15) is 55.6 Å². The smallest absolute Gasteiger partial charge is 0.100 e. The first-order valence-electron chi connectivity index (χ1n) is 7.44. The Bertz CT molecular complexity index is 387. The highest BCUT2D eigenvalue weighted by molar-refractivity contribution is 5.27. The molecule has 1 heteroatoms. The fourth-order valence-corrected chi connectivity index (χ4v) is 3.82. The number of halogens is 1. The third-order valence-electron chi connectivity index (χ3n) is 5.14. The zero-order chi connectivity index (χ0) is 12.5. The van der Waals surface area contributed by atoms with Gasteiger partial charge in [-0.1, -0.05) is 29.8 Å². The molecule has 1 aromatic rings. The van der Waals surface area contributed by atoms with E-state index < -0.39 is 6.17 Å². The second kappa shape index (κ2) is 5.03. The lowest BCUT2D eigenvalue weighted by Gasteiger charge is -2.44. The fourth-order valence-electron chi connectivity index (χ4n) is 3.82. The molecule has 0 spiro atoms. The van der Waals surface area contributed by atoms with Gasteiger partial charge in [-0.05, 0) is 68.8 Å². The van der Waals surface area contributed by atoms with Crippen molar-refractivity contribution in [2.24, 2.45) is 11.8 Å². The van der Waals surface area contributed by atoms with Gasteiger partial charge in [0.05, 0.1) is 0 Å². The number of aryl methyl sites for hydroxylation is 1. The largest absolute Gasteiger partial charge is 0.247 e. The molecule has 0 saturated heterocycles. The van der Waals surface area contributed by atoms with E-state index in [2.05, 4.69) is 31.2 Å². The van der Waals surface area contributed by atoms with Gasteiger partial charge in [0.2, 0.25) is 0 Å². The summed E-state index contributed by atoms with van der Waals surface area (Å²) in [7, 11) is 0. The summed E-state index contributed by atoms with van der Waals surface area (Å²) in [5.74, 6) is 2.38. The van der Waals surface area contributed by atoms with Gasteiger partial charge in [0, 0.05) is 0 Å². The van der Waals surface area contributed by atoms with Crippen molar-refractivity contribution in [1.29, 1.82) is 0 Å². The number of rotatable bonds is 2. The van der Waals surface area contributed by atoms with E-state index in [1.807, 2.05) is 0 Å². The molecular weight excluding hydrogens is 223 g/mol. The van der Waals surface area contributed by atoms with E-state index >= 15 is 0 Å². The molecule has 18 heavy (non-hydrogen) atoms. The summed E-state index contributed by atoms with van der Waals surface area (Å²) >= 11 is 0. The van der Waals surface area contributed by atoms with Crippen LogP contribution >= 0.6 is 0 Å². The normalized spacial score (nSPS) is 36.1. The van der Waals surface area contributed by atoms with Crippen LogP contribution in [0.4, 0.5) is 4.39 Å². The summed E-state index contributed by atoms with van der Waals surface area (Å²) in [6.45, 7) is 2.14. The van der Waals surface area contributed by atoms with Crippen molar-refractivity contribution in [3.63, 3.8) is 0 Å². The van der Waals surface area contributed by atoms with Crippen molar-refractivity contribution in [2.45, 2.75) is 57.5 Å². The van der Waals surface area contributed by atoms with E-state index in [1.54, 1.807) is 0 Å². The lowest BCUT2D eigenvalue weighted by molar-refractivity contribution is 0.0986. The maximum absolute atomic E-state index is 13.2.